The Morgan fingerprint density at radius 3 is 2.59 bits per heavy atom. The second-order valence-corrected chi connectivity index (χ2v) is 11.6. The Labute approximate surface area is 221 Å². The van der Waals surface area contributed by atoms with Crippen LogP contribution in [0.2, 0.25) is 0 Å². The van der Waals surface area contributed by atoms with Crippen LogP contribution < -0.4 is 0 Å². The molecule has 5 heteroatoms. The number of rotatable bonds is 6. The van der Waals surface area contributed by atoms with Gasteiger partial charge in [-0.3, -0.25) is 4.79 Å². The topological polar surface area (TPSA) is 53.0 Å². The van der Waals surface area contributed by atoms with E-state index in [-0.39, 0.29) is 28.7 Å². The maximum absolute atomic E-state index is 14.1. The van der Waals surface area contributed by atoms with E-state index < -0.39 is 0 Å². The van der Waals surface area contributed by atoms with Crippen LogP contribution in [0.3, 0.4) is 0 Å². The van der Waals surface area contributed by atoms with Crippen LogP contribution in [0.5, 0.6) is 5.75 Å². The molecule has 0 spiro atoms. The Bertz CT molecular complexity index is 1270. The van der Waals surface area contributed by atoms with Crippen molar-refractivity contribution in [3.05, 3.63) is 77.9 Å². The lowest BCUT2D eigenvalue weighted by atomic mass is 9.55. The molecule has 3 aromatic rings. The third-order valence-electron chi connectivity index (χ3n) is 8.83. The minimum absolute atomic E-state index is 0.0930. The highest BCUT2D eigenvalue weighted by atomic mass is 16.5. The number of aromatic hydroxyl groups is 1. The van der Waals surface area contributed by atoms with Gasteiger partial charge in [0.05, 0.1) is 5.60 Å². The van der Waals surface area contributed by atoms with Crippen molar-refractivity contribution in [1.82, 2.24) is 9.80 Å². The predicted molar refractivity (Wildman–Crippen MR) is 149 cm³/mol. The molecule has 0 unspecified atom stereocenters. The molecular weight excluding hydrogens is 460 g/mol. The van der Waals surface area contributed by atoms with Gasteiger partial charge in [0.1, 0.15) is 5.75 Å². The number of benzene rings is 3. The summed E-state index contributed by atoms with van der Waals surface area (Å²) in [5.74, 6) is 0.741. The average Bonchev–Trinajstić information content (AvgIpc) is 2.90. The zero-order valence-electron chi connectivity index (χ0n) is 22.6. The van der Waals surface area contributed by atoms with Crippen LogP contribution in [0.25, 0.3) is 10.8 Å². The van der Waals surface area contributed by atoms with Gasteiger partial charge in [-0.15, -0.1) is 0 Å². The third kappa shape index (κ3) is 4.64. The van der Waals surface area contributed by atoms with Gasteiger partial charge in [-0.05, 0) is 85.8 Å². The van der Waals surface area contributed by atoms with Gasteiger partial charge < -0.3 is 19.6 Å². The molecule has 1 heterocycles. The number of ether oxygens (including phenoxy) is 1. The summed E-state index contributed by atoms with van der Waals surface area (Å²) in [4.78, 5) is 18.6. The first kappa shape index (κ1) is 25.7. The molecule has 0 bridgehead atoms. The van der Waals surface area contributed by atoms with Crippen molar-refractivity contribution in [2.24, 2.45) is 5.92 Å². The van der Waals surface area contributed by atoms with Gasteiger partial charge >= 0.3 is 0 Å². The Balaban J connectivity index is 1.55. The zero-order chi connectivity index (χ0) is 26.2. The summed E-state index contributed by atoms with van der Waals surface area (Å²) in [6.07, 6.45) is 3.52. The first-order chi connectivity index (χ1) is 17.8. The molecule has 1 saturated heterocycles. The minimum Gasteiger partial charge on any atom is -0.508 e. The lowest BCUT2D eigenvalue weighted by Gasteiger charge is -2.60. The number of likely N-dealkylation sites (tertiary alicyclic amines) is 1. The largest absolute Gasteiger partial charge is 0.508 e. The lowest BCUT2D eigenvalue weighted by molar-refractivity contribution is -0.150. The van der Waals surface area contributed by atoms with E-state index in [1.807, 2.05) is 43.5 Å². The fourth-order valence-corrected chi connectivity index (χ4v) is 7.02. The van der Waals surface area contributed by atoms with Crippen LogP contribution in [-0.2, 0) is 10.2 Å². The number of methoxy groups -OCH3 is 1. The van der Waals surface area contributed by atoms with Gasteiger partial charge in [0.25, 0.3) is 5.91 Å². The van der Waals surface area contributed by atoms with E-state index in [1.54, 1.807) is 6.07 Å². The van der Waals surface area contributed by atoms with E-state index in [0.717, 1.165) is 60.7 Å². The Kier molecular flexibility index (Phi) is 7.03. The van der Waals surface area contributed by atoms with Crippen LogP contribution >= 0.6 is 0 Å². The van der Waals surface area contributed by atoms with Crippen molar-refractivity contribution in [1.29, 1.82) is 0 Å². The number of nitrogens with zero attached hydrogens (tertiary/aromatic N) is 2. The van der Waals surface area contributed by atoms with Gasteiger partial charge in [0, 0.05) is 37.2 Å². The summed E-state index contributed by atoms with van der Waals surface area (Å²) in [7, 11) is 4.00. The number of hydrogen-bond acceptors (Lipinski definition) is 4. The van der Waals surface area contributed by atoms with Gasteiger partial charge in [-0.25, -0.2) is 0 Å². The van der Waals surface area contributed by atoms with Gasteiger partial charge in [0.2, 0.25) is 0 Å². The third-order valence-corrected chi connectivity index (χ3v) is 8.83. The molecule has 1 aliphatic carbocycles. The summed E-state index contributed by atoms with van der Waals surface area (Å²) >= 11 is 0. The molecule has 1 saturated carbocycles. The highest BCUT2D eigenvalue weighted by Gasteiger charge is 2.59. The molecule has 1 amide bonds. The van der Waals surface area contributed by atoms with E-state index in [1.165, 1.54) is 0 Å². The number of phenolic OH excluding ortho intramolecular Hbond substituents is 1. The molecule has 5 rings (SSSR count). The smallest absolute Gasteiger partial charge is 0.254 e. The molecule has 2 fully saturated rings. The Hall–Kier alpha value is -2.89. The standard InChI is InChI=1S/C32H40N2O3/c1-23(2)21-34(30(36)26-13-12-24-8-5-6-9-25(24)18-26)28-14-15-32(37-4)22-33(3)17-16-31(32,20-28)27-10-7-11-29(35)19-27/h5-13,18-19,23,28,35H,14-17,20-22H2,1-4H3/t28-,31+,32+/m1/s1. The van der Waals surface area contributed by atoms with Crippen molar-refractivity contribution >= 4 is 16.7 Å². The van der Waals surface area contributed by atoms with E-state index in [4.69, 9.17) is 4.74 Å². The number of carbonyl (C=O) groups is 1. The number of likely N-dealkylation sites (N-methyl/N-ethyl adjacent to an activating group) is 1. The molecule has 37 heavy (non-hydrogen) atoms. The van der Waals surface area contributed by atoms with Gasteiger partial charge in [0.15, 0.2) is 0 Å². The van der Waals surface area contributed by atoms with Crippen LogP contribution in [0, 0.1) is 5.92 Å². The van der Waals surface area contributed by atoms with Crippen molar-refractivity contribution in [2.45, 2.75) is 56.6 Å². The highest BCUT2D eigenvalue weighted by Crippen LogP contribution is 2.54. The second kappa shape index (κ2) is 10.1. The van der Waals surface area contributed by atoms with E-state index in [0.29, 0.717) is 12.5 Å². The number of hydrogen-bond donors (Lipinski definition) is 1. The second-order valence-electron chi connectivity index (χ2n) is 11.6. The van der Waals surface area contributed by atoms with Crippen molar-refractivity contribution < 1.29 is 14.6 Å². The van der Waals surface area contributed by atoms with Crippen molar-refractivity contribution in [3.63, 3.8) is 0 Å². The molecule has 0 radical (unpaired) electrons. The molecule has 0 aromatic heterocycles. The average molecular weight is 501 g/mol. The number of piperidine rings is 1. The van der Waals surface area contributed by atoms with Crippen molar-refractivity contribution in [3.8, 4) is 5.75 Å². The monoisotopic (exact) mass is 500 g/mol. The maximum atomic E-state index is 14.1. The normalized spacial score (nSPS) is 26.2. The summed E-state index contributed by atoms with van der Waals surface area (Å²) in [5.41, 5.74) is 1.22. The number of phenols is 1. The van der Waals surface area contributed by atoms with Gasteiger partial charge in [-0.2, -0.15) is 0 Å². The molecule has 1 aliphatic heterocycles. The number of amides is 1. The van der Waals surface area contributed by atoms with E-state index in [2.05, 4.69) is 55.0 Å². The first-order valence-corrected chi connectivity index (χ1v) is 13.6. The number of fused-ring (bicyclic) bond motifs is 2. The molecule has 2 aliphatic rings. The fourth-order valence-electron chi connectivity index (χ4n) is 7.02. The highest BCUT2D eigenvalue weighted by molar-refractivity contribution is 5.98. The molecular formula is C32H40N2O3. The van der Waals surface area contributed by atoms with Crippen molar-refractivity contribution in [2.75, 3.05) is 33.8 Å². The van der Waals surface area contributed by atoms with Crippen LogP contribution in [0.1, 0.15) is 55.5 Å². The molecule has 3 aromatic carbocycles. The lowest BCUT2D eigenvalue weighted by Crippen LogP contribution is -2.67. The van der Waals surface area contributed by atoms with Gasteiger partial charge in [-0.1, -0.05) is 56.3 Å². The first-order valence-electron chi connectivity index (χ1n) is 13.6. The zero-order valence-corrected chi connectivity index (χ0v) is 22.6. The minimum atomic E-state index is -0.361. The van der Waals surface area contributed by atoms with Crippen LogP contribution in [-0.4, -0.2) is 66.2 Å². The summed E-state index contributed by atoms with van der Waals surface area (Å²) in [5, 5.41) is 12.7. The molecule has 1 N–H and O–H groups in total. The predicted octanol–water partition coefficient (Wildman–Crippen LogP) is 5.85. The summed E-state index contributed by atoms with van der Waals surface area (Å²) in [6.45, 7) is 6.88. The Morgan fingerprint density at radius 2 is 1.86 bits per heavy atom. The summed E-state index contributed by atoms with van der Waals surface area (Å²) < 4.78 is 6.43. The SMILES string of the molecule is CO[C@]12CC[C@@H](N(CC(C)C)C(=O)c3ccc4ccccc4c3)C[C@]1(c1cccc(O)c1)CCN(C)C2. The van der Waals surface area contributed by atoms with E-state index >= 15 is 0 Å². The van der Waals surface area contributed by atoms with Crippen LogP contribution in [0.4, 0.5) is 0 Å². The fraction of sp³-hybridized carbons (Fsp3) is 0.469. The molecule has 3 atom stereocenters. The Morgan fingerprint density at radius 1 is 1.08 bits per heavy atom. The van der Waals surface area contributed by atoms with E-state index in [9.17, 15) is 9.90 Å². The molecule has 196 valence electrons. The van der Waals surface area contributed by atoms with Crippen LogP contribution in [0.15, 0.2) is 66.7 Å². The summed E-state index contributed by atoms with van der Waals surface area (Å²) in [6, 6.07) is 22.1. The number of carbonyl (C=O) groups excluding carboxylic acids is 1. The molecule has 5 nitrogen and oxygen atoms in total. The maximum Gasteiger partial charge on any atom is 0.254 e. The quantitative estimate of drug-likeness (QED) is 0.461.